The van der Waals surface area contributed by atoms with Crippen molar-refractivity contribution in [2.45, 2.75) is 26.2 Å². The average Bonchev–Trinajstić information content (AvgIpc) is 2.04. The van der Waals surface area contributed by atoms with Gasteiger partial charge in [0.25, 0.3) is 0 Å². The molecule has 0 aliphatic heterocycles. The van der Waals surface area contributed by atoms with Crippen molar-refractivity contribution >= 4 is 12.1 Å². The van der Waals surface area contributed by atoms with Gasteiger partial charge < -0.3 is 5.32 Å². The fraction of sp³-hybridized carbons (Fsp3) is 0.364. The number of carbonyl (C=O) groups excluding carboxylic acids is 1. The topological polar surface area (TPSA) is 29.1 Å². The van der Waals surface area contributed by atoms with Gasteiger partial charge in [-0.3, -0.25) is 4.79 Å². The Hall–Kier alpha value is -1.31. The standard InChI is InChI=1S/C11H14NO/c1-11(2,3)9-5-4-6-10(7-9)12-8-13/h4-7H,1-3H3,(H,12,13). The van der Waals surface area contributed by atoms with Gasteiger partial charge in [0.2, 0.25) is 0 Å². The molecule has 69 valence electrons. The minimum Gasteiger partial charge on any atom is -0.318 e. The van der Waals surface area contributed by atoms with Crippen LogP contribution in [0.25, 0.3) is 0 Å². The minimum atomic E-state index is 0.112. The van der Waals surface area contributed by atoms with Crippen LogP contribution in [0, 0.1) is 0 Å². The number of rotatable bonds is 2. The normalized spacial score (nSPS) is 11.0. The molecule has 1 N–H and O–H groups in total. The molecule has 2 nitrogen and oxygen atoms in total. The summed E-state index contributed by atoms with van der Waals surface area (Å²) >= 11 is 0. The SMILES string of the molecule is CC(C)(C)c1cccc(N[C]=O)c1. The van der Waals surface area contributed by atoms with Gasteiger partial charge in [0.1, 0.15) is 0 Å². The van der Waals surface area contributed by atoms with Crippen LogP contribution in [0.4, 0.5) is 5.69 Å². The lowest BCUT2D eigenvalue weighted by Crippen LogP contribution is -2.11. The lowest BCUT2D eigenvalue weighted by atomic mass is 9.87. The molecular weight excluding hydrogens is 162 g/mol. The van der Waals surface area contributed by atoms with Crippen LogP contribution in [0.2, 0.25) is 0 Å². The molecule has 2 heteroatoms. The second kappa shape index (κ2) is 3.60. The molecule has 0 spiro atoms. The van der Waals surface area contributed by atoms with Gasteiger partial charge in [0, 0.05) is 5.69 Å². The number of hydrogen-bond acceptors (Lipinski definition) is 1. The third-order valence-corrected chi connectivity index (χ3v) is 1.92. The Morgan fingerprint density at radius 1 is 1.31 bits per heavy atom. The Morgan fingerprint density at radius 2 is 2.00 bits per heavy atom. The molecule has 13 heavy (non-hydrogen) atoms. The summed E-state index contributed by atoms with van der Waals surface area (Å²) in [6, 6.07) is 7.79. The van der Waals surface area contributed by atoms with E-state index in [2.05, 4.69) is 32.2 Å². The van der Waals surface area contributed by atoms with Crippen molar-refractivity contribution in [3.63, 3.8) is 0 Å². The van der Waals surface area contributed by atoms with Crippen molar-refractivity contribution < 1.29 is 4.79 Å². The van der Waals surface area contributed by atoms with Crippen LogP contribution in [0.15, 0.2) is 24.3 Å². The van der Waals surface area contributed by atoms with Gasteiger partial charge in [0.15, 0.2) is 0 Å². The van der Waals surface area contributed by atoms with Crippen molar-refractivity contribution in [3.05, 3.63) is 29.8 Å². The quantitative estimate of drug-likeness (QED) is 0.689. The molecule has 0 saturated heterocycles. The smallest absolute Gasteiger partial charge is 0.314 e. The first-order chi connectivity index (χ1) is 6.04. The van der Waals surface area contributed by atoms with Crippen molar-refractivity contribution in [2.24, 2.45) is 0 Å². The molecule has 0 aromatic heterocycles. The summed E-state index contributed by atoms with van der Waals surface area (Å²) in [5, 5.41) is 2.51. The Morgan fingerprint density at radius 3 is 2.54 bits per heavy atom. The van der Waals surface area contributed by atoms with Crippen LogP contribution in [0.3, 0.4) is 0 Å². The van der Waals surface area contributed by atoms with E-state index in [0.29, 0.717) is 0 Å². The molecule has 0 saturated carbocycles. The highest BCUT2D eigenvalue weighted by atomic mass is 16.1. The highest BCUT2D eigenvalue weighted by Crippen LogP contribution is 2.24. The summed E-state index contributed by atoms with van der Waals surface area (Å²) in [5.74, 6) is 0. The molecule has 0 fully saturated rings. The van der Waals surface area contributed by atoms with Gasteiger partial charge in [-0.05, 0) is 23.1 Å². The second-order valence-corrected chi connectivity index (χ2v) is 4.06. The van der Waals surface area contributed by atoms with Crippen molar-refractivity contribution in [1.29, 1.82) is 0 Å². The van der Waals surface area contributed by atoms with E-state index < -0.39 is 0 Å². The molecule has 0 unspecified atom stereocenters. The molecule has 1 radical (unpaired) electrons. The number of nitrogens with one attached hydrogen (secondary N) is 1. The predicted octanol–water partition coefficient (Wildman–Crippen LogP) is 2.46. The Balaban J connectivity index is 2.98. The molecule has 1 aromatic carbocycles. The first-order valence-corrected chi connectivity index (χ1v) is 4.28. The zero-order valence-corrected chi connectivity index (χ0v) is 8.22. The zero-order valence-electron chi connectivity index (χ0n) is 8.22. The third-order valence-electron chi connectivity index (χ3n) is 1.92. The Labute approximate surface area is 79.0 Å². The fourth-order valence-electron chi connectivity index (χ4n) is 1.12. The molecule has 1 aromatic rings. The lowest BCUT2D eigenvalue weighted by molar-refractivity contribution is 0.561. The number of amides is 1. The van der Waals surface area contributed by atoms with E-state index in [-0.39, 0.29) is 5.41 Å². The molecule has 1 amide bonds. The number of anilines is 1. The Kier molecular flexibility index (Phi) is 2.71. The largest absolute Gasteiger partial charge is 0.318 e. The fourth-order valence-corrected chi connectivity index (χ4v) is 1.12. The van der Waals surface area contributed by atoms with Crippen molar-refractivity contribution in [1.82, 2.24) is 0 Å². The summed E-state index contributed by atoms with van der Waals surface area (Å²) in [4.78, 5) is 10.1. The lowest BCUT2D eigenvalue weighted by Gasteiger charge is -2.19. The van der Waals surface area contributed by atoms with Gasteiger partial charge in [-0.1, -0.05) is 32.9 Å². The summed E-state index contributed by atoms with van der Waals surface area (Å²) in [5.41, 5.74) is 2.11. The summed E-state index contributed by atoms with van der Waals surface area (Å²) in [6.45, 7) is 6.41. The maximum absolute atomic E-state index is 10.1. The maximum atomic E-state index is 10.1. The maximum Gasteiger partial charge on any atom is 0.314 e. The van der Waals surface area contributed by atoms with Crippen molar-refractivity contribution in [2.75, 3.05) is 5.32 Å². The summed E-state index contributed by atoms with van der Waals surface area (Å²) < 4.78 is 0. The Bertz CT molecular complexity index is 299. The van der Waals surface area contributed by atoms with Crippen LogP contribution in [-0.4, -0.2) is 6.41 Å². The summed E-state index contributed by atoms with van der Waals surface area (Å²) in [7, 11) is 0. The van der Waals surface area contributed by atoms with E-state index >= 15 is 0 Å². The van der Waals surface area contributed by atoms with Crippen LogP contribution in [0.1, 0.15) is 26.3 Å². The van der Waals surface area contributed by atoms with Crippen molar-refractivity contribution in [3.8, 4) is 0 Å². The third kappa shape index (κ3) is 2.58. The highest BCUT2D eigenvalue weighted by Gasteiger charge is 2.13. The zero-order chi connectivity index (χ0) is 9.90. The van der Waals surface area contributed by atoms with Crippen LogP contribution >= 0.6 is 0 Å². The molecule has 0 heterocycles. The van der Waals surface area contributed by atoms with Gasteiger partial charge in [-0.15, -0.1) is 0 Å². The van der Waals surface area contributed by atoms with Crippen LogP contribution in [-0.2, 0) is 10.2 Å². The molecule has 0 aliphatic carbocycles. The van der Waals surface area contributed by atoms with Gasteiger partial charge in [-0.25, -0.2) is 0 Å². The van der Waals surface area contributed by atoms with Gasteiger partial charge >= 0.3 is 6.41 Å². The second-order valence-electron chi connectivity index (χ2n) is 4.06. The van der Waals surface area contributed by atoms with E-state index in [1.807, 2.05) is 18.2 Å². The molecule has 0 atom stereocenters. The van der Waals surface area contributed by atoms with Gasteiger partial charge in [0.05, 0.1) is 0 Å². The van der Waals surface area contributed by atoms with E-state index in [1.165, 1.54) is 5.56 Å². The number of benzene rings is 1. The van der Waals surface area contributed by atoms with Crippen LogP contribution in [0.5, 0.6) is 0 Å². The van der Waals surface area contributed by atoms with Gasteiger partial charge in [-0.2, -0.15) is 0 Å². The molecule has 0 bridgehead atoms. The first kappa shape index (κ1) is 9.78. The van der Waals surface area contributed by atoms with E-state index in [0.717, 1.165) is 5.69 Å². The van der Waals surface area contributed by atoms with E-state index in [4.69, 9.17) is 0 Å². The van der Waals surface area contributed by atoms with Crippen LogP contribution < -0.4 is 5.32 Å². The first-order valence-electron chi connectivity index (χ1n) is 4.28. The van der Waals surface area contributed by atoms with E-state index in [9.17, 15) is 4.79 Å². The molecular formula is C11H14NO. The summed E-state index contributed by atoms with van der Waals surface area (Å²) in [6.07, 6.45) is 1.66. The average molecular weight is 176 g/mol. The molecule has 1 rings (SSSR count). The molecule has 0 aliphatic rings. The minimum absolute atomic E-state index is 0.112. The number of hydrogen-bond donors (Lipinski definition) is 1. The predicted molar refractivity (Wildman–Crippen MR) is 54.5 cm³/mol. The monoisotopic (exact) mass is 176 g/mol. The van der Waals surface area contributed by atoms with E-state index in [1.54, 1.807) is 6.41 Å². The highest BCUT2D eigenvalue weighted by molar-refractivity contribution is 5.72.